The fourth-order valence-electron chi connectivity index (χ4n) is 2.65. The maximum atomic E-state index is 4.62. The van der Waals surface area contributed by atoms with Gasteiger partial charge in [0.1, 0.15) is 0 Å². The van der Waals surface area contributed by atoms with Crippen molar-refractivity contribution >= 4 is 0 Å². The van der Waals surface area contributed by atoms with Crippen molar-refractivity contribution in [1.82, 2.24) is 20.1 Å². The van der Waals surface area contributed by atoms with Crippen LogP contribution in [0.15, 0.2) is 18.3 Å². The highest BCUT2D eigenvalue weighted by Crippen LogP contribution is 2.10. The van der Waals surface area contributed by atoms with Gasteiger partial charge in [0.2, 0.25) is 0 Å². The monoisotopic (exact) mass is 290 g/mol. The Bertz CT molecular complexity index is 415. The number of aromatic nitrogens is 1. The van der Waals surface area contributed by atoms with E-state index in [1.807, 2.05) is 6.20 Å². The molecule has 0 amide bonds. The number of likely N-dealkylation sites (N-methyl/N-ethyl adjacent to an activating group) is 1. The van der Waals surface area contributed by atoms with Gasteiger partial charge in [0, 0.05) is 45.0 Å². The molecular weight excluding hydrogens is 260 g/mol. The zero-order valence-corrected chi connectivity index (χ0v) is 14.0. The first kappa shape index (κ1) is 16.4. The zero-order chi connectivity index (χ0) is 15.2. The van der Waals surface area contributed by atoms with Crippen LogP contribution in [0.1, 0.15) is 32.0 Å². The molecule has 0 bridgehead atoms. The first-order chi connectivity index (χ1) is 10.0. The normalized spacial score (nSPS) is 21.1. The average Bonchev–Trinajstić information content (AvgIpc) is 2.44. The molecule has 0 radical (unpaired) electrons. The summed E-state index contributed by atoms with van der Waals surface area (Å²) < 4.78 is 0. The predicted octanol–water partition coefficient (Wildman–Crippen LogP) is 1.96. The van der Waals surface area contributed by atoms with Crippen molar-refractivity contribution in [3.05, 3.63) is 29.6 Å². The molecule has 1 aromatic heterocycles. The van der Waals surface area contributed by atoms with E-state index in [9.17, 15) is 0 Å². The van der Waals surface area contributed by atoms with Crippen molar-refractivity contribution in [1.29, 1.82) is 0 Å². The van der Waals surface area contributed by atoms with Gasteiger partial charge >= 0.3 is 0 Å². The molecule has 0 saturated carbocycles. The summed E-state index contributed by atoms with van der Waals surface area (Å²) in [7, 11) is 2.21. The van der Waals surface area contributed by atoms with E-state index in [-0.39, 0.29) is 0 Å². The van der Waals surface area contributed by atoms with Gasteiger partial charge in [-0.05, 0) is 38.1 Å². The first-order valence-corrected chi connectivity index (χ1v) is 8.11. The molecule has 1 saturated heterocycles. The van der Waals surface area contributed by atoms with E-state index in [0.29, 0.717) is 12.0 Å². The van der Waals surface area contributed by atoms with Gasteiger partial charge in [0.25, 0.3) is 0 Å². The average molecular weight is 290 g/mol. The number of piperazine rings is 1. The third-order valence-corrected chi connectivity index (χ3v) is 4.20. The number of nitrogens with one attached hydrogen (secondary N) is 1. The highest BCUT2D eigenvalue weighted by Gasteiger charge is 2.20. The molecule has 1 aliphatic heterocycles. The number of nitrogens with zero attached hydrogens (tertiary/aromatic N) is 3. The SMILES string of the molecule is CC(C)CNCc1ccc(CN2CCN(C)C(C)C2)nc1. The lowest BCUT2D eigenvalue weighted by atomic mass is 10.2. The van der Waals surface area contributed by atoms with Crippen molar-refractivity contribution in [3.63, 3.8) is 0 Å². The second-order valence-corrected chi connectivity index (χ2v) is 6.75. The Hall–Kier alpha value is -0.970. The third kappa shape index (κ3) is 5.38. The summed E-state index contributed by atoms with van der Waals surface area (Å²) in [5.41, 5.74) is 2.45. The minimum atomic E-state index is 0.637. The van der Waals surface area contributed by atoms with E-state index in [4.69, 9.17) is 0 Å². The lowest BCUT2D eigenvalue weighted by Crippen LogP contribution is -2.49. The van der Waals surface area contributed by atoms with Crippen LogP contribution in [0.2, 0.25) is 0 Å². The highest BCUT2D eigenvalue weighted by atomic mass is 15.3. The molecule has 21 heavy (non-hydrogen) atoms. The van der Waals surface area contributed by atoms with E-state index in [0.717, 1.165) is 39.3 Å². The first-order valence-electron chi connectivity index (χ1n) is 8.11. The Kier molecular flexibility index (Phi) is 6.15. The Balaban J connectivity index is 1.79. The van der Waals surface area contributed by atoms with E-state index in [2.05, 4.69) is 60.1 Å². The van der Waals surface area contributed by atoms with E-state index in [1.165, 1.54) is 11.3 Å². The largest absolute Gasteiger partial charge is 0.312 e. The van der Waals surface area contributed by atoms with Gasteiger partial charge in [0.15, 0.2) is 0 Å². The Morgan fingerprint density at radius 1 is 1.33 bits per heavy atom. The molecule has 1 fully saturated rings. The van der Waals surface area contributed by atoms with Gasteiger partial charge in [0.05, 0.1) is 5.69 Å². The fourth-order valence-corrected chi connectivity index (χ4v) is 2.65. The summed E-state index contributed by atoms with van der Waals surface area (Å²) in [6, 6.07) is 5.02. The van der Waals surface area contributed by atoms with Crippen molar-refractivity contribution < 1.29 is 0 Å². The van der Waals surface area contributed by atoms with Crippen molar-refractivity contribution in [2.75, 3.05) is 33.2 Å². The topological polar surface area (TPSA) is 31.4 Å². The second kappa shape index (κ2) is 7.87. The van der Waals surface area contributed by atoms with Gasteiger partial charge < -0.3 is 10.2 Å². The van der Waals surface area contributed by atoms with Crippen LogP contribution in [-0.2, 0) is 13.1 Å². The molecule has 0 aromatic carbocycles. The summed E-state index contributed by atoms with van der Waals surface area (Å²) in [6.07, 6.45) is 2.02. The Morgan fingerprint density at radius 2 is 2.14 bits per heavy atom. The maximum Gasteiger partial charge on any atom is 0.0544 e. The number of rotatable bonds is 6. The van der Waals surface area contributed by atoms with Gasteiger partial charge in [-0.15, -0.1) is 0 Å². The third-order valence-electron chi connectivity index (χ3n) is 4.20. The van der Waals surface area contributed by atoms with Crippen LogP contribution in [0.3, 0.4) is 0 Å². The van der Waals surface area contributed by atoms with Gasteiger partial charge in [-0.25, -0.2) is 0 Å². The van der Waals surface area contributed by atoms with Crippen LogP contribution in [0, 0.1) is 5.92 Å². The molecular formula is C17H30N4. The van der Waals surface area contributed by atoms with Crippen LogP contribution in [0.5, 0.6) is 0 Å². The molecule has 4 heteroatoms. The molecule has 2 heterocycles. The summed E-state index contributed by atoms with van der Waals surface area (Å²) in [4.78, 5) is 9.55. The summed E-state index contributed by atoms with van der Waals surface area (Å²) in [5, 5.41) is 3.46. The van der Waals surface area contributed by atoms with E-state index in [1.54, 1.807) is 0 Å². The summed E-state index contributed by atoms with van der Waals surface area (Å²) in [5.74, 6) is 0.691. The molecule has 1 N–H and O–H groups in total. The van der Waals surface area contributed by atoms with Crippen LogP contribution in [0.25, 0.3) is 0 Å². The molecule has 1 unspecified atom stereocenters. The smallest absolute Gasteiger partial charge is 0.0544 e. The van der Waals surface area contributed by atoms with Crippen LogP contribution >= 0.6 is 0 Å². The van der Waals surface area contributed by atoms with Gasteiger partial charge in [-0.3, -0.25) is 9.88 Å². The van der Waals surface area contributed by atoms with Crippen molar-refractivity contribution in [2.45, 2.75) is 39.9 Å². The van der Waals surface area contributed by atoms with Crippen LogP contribution < -0.4 is 5.32 Å². The van der Waals surface area contributed by atoms with E-state index < -0.39 is 0 Å². The minimum Gasteiger partial charge on any atom is -0.312 e. The molecule has 0 aliphatic carbocycles. The predicted molar refractivity (Wildman–Crippen MR) is 88.2 cm³/mol. The Morgan fingerprint density at radius 3 is 2.76 bits per heavy atom. The van der Waals surface area contributed by atoms with Crippen molar-refractivity contribution in [2.24, 2.45) is 5.92 Å². The second-order valence-electron chi connectivity index (χ2n) is 6.75. The molecule has 1 aliphatic rings. The summed E-state index contributed by atoms with van der Waals surface area (Å²) in [6.45, 7) is 13.1. The Labute approximate surface area is 129 Å². The lowest BCUT2D eigenvalue weighted by Gasteiger charge is -2.37. The van der Waals surface area contributed by atoms with Crippen LogP contribution in [-0.4, -0.2) is 54.1 Å². The number of hydrogen-bond acceptors (Lipinski definition) is 4. The fraction of sp³-hybridized carbons (Fsp3) is 0.706. The lowest BCUT2D eigenvalue weighted by molar-refractivity contribution is 0.0990. The quantitative estimate of drug-likeness (QED) is 0.868. The summed E-state index contributed by atoms with van der Waals surface area (Å²) >= 11 is 0. The molecule has 118 valence electrons. The van der Waals surface area contributed by atoms with Gasteiger partial charge in [-0.1, -0.05) is 19.9 Å². The molecule has 4 nitrogen and oxygen atoms in total. The van der Waals surface area contributed by atoms with Gasteiger partial charge in [-0.2, -0.15) is 0 Å². The van der Waals surface area contributed by atoms with Crippen molar-refractivity contribution in [3.8, 4) is 0 Å². The molecule has 1 aromatic rings. The number of pyridine rings is 1. The zero-order valence-electron chi connectivity index (χ0n) is 14.0. The molecule has 1 atom stereocenters. The number of hydrogen-bond donors (Lipinski definition) is 1. The minimum absolute atomic E-state index is 0.637. The van der Waals surface area contributed by atoms with E-state index >= 15 is 0 Å². The standard InChI is InChI=1S/C17H30N4/c1-14(2)9-18-10-16-5-6-17(19-11-16)13-21-8-7-20(4)15(3)12-21/h5-6,11,14-15,18H,7-10,12-13H2,1-4H3. The maximum absolute atomic E-state index is 4.62. The van der Waals surface area contributed by atoms with Crippen LogP contribution in [0.4, 0.5) is 0 Å². The molecule has 0 spiro atoms. The molecule has 2 rings (SSSR count). The highest BCUT2D eigenvalue weighted by molar-refractivity contribution is 5.14.